The molecule has 0 aromatic heterocycles. The van der Waals surface area contributed by atoms with E-state index < -0.39 is 0 Å². The van der Waals surface area contributed by atoms with E-state index in [1.165, 1.54) is 32.1 Å². The Morgan fingerprint density at radius 1 is 0.650 bits per heavy atom. The molecule has 0 aromatic carbocycles. The zero-order valence-electron chi connectivity index (χ0n) is 13.9. The van der Waals surface area contributed by atoms with Crippen LogP contribution in [0.1, 0.15) is 97.8 Å². The van der Waals surface area contributed by atoms with Crippen molar-refractivity contribution in [1.82, 2.24) is 0 Å². The second kappa shape index (κ2) is 13.3. The van der Waals surface area contributed by atoms with E-state index in [0.29, 0.717) is 12.8 Å². The van der Waals surface area contributed by atoms with Crippen molar-refractivity contribution in [2.75, 3.05) is 0 Å². The lowest BCUT2D eigenvalue weighted by Crippen LogP contribution is -2.23. The molecular formula is C18H34O2. The number of hydrogen-bond donors (Lipinski definition) is 0. The average Bonchev–Trinajstić information content (AvgIpc) is 2.43. The van der Waals surface area contributed by atoms with Crippen LogP contribution in [-0.4, -0.2) is 11.6 Å². The average molecular weight is 282 g/mol. The van der Waals surface area contributed by atoms with Gasteiger partial charge < -0.3 is 0 Å². The molecular weight excluding hydrogens is 248 g/mol. The van der Waals surface area contributed by atoms with E-state index in [1.807, 2.05) is 13.8 Å². The van der Waals surface area contributed by atoms with Gasteiger partial charge in [-0.2, -0.15) is 0 Å². The number of ketones is 2. The van der Waals surface area contributed by atoms with Crippen molar-refractivity contribution >= 4 is 11.6 Å². The Labute approximate surface area is 125 Å². The van der Waals surface area contributed by atoms with Crippen molar-refractivity contribution in [1.29, 1.82) is 0 Å². The normalized spacial score (nSPS) is 12.3. The smallest absolute Gasteiger partial charge is 0.143 e. The molecule has 0 rings (SSSR count). The van der Waals surface area contributed by atoms with Crippen LogP contribution in [0.15, 0.2) is 0 Å². The van der Waals surface area contributed by atoms with E-state index in [9.17, 15) is 9.59 Å². The van der Waals surface area contributed by atoms with Gasteiger partial charge in [0.1, 0.15) is 11.6 Å². The second-order valence-electron chi connectivity index (χ2n) is 5.90. The Hall–Kier alpha value is -0.660. The standard InChI is InChI=1S/C18H34O2/c1-4-7-8-9-10-11-12-15-18(20)16(13-5-2)17(19)14-6-3/h16H,4-15H2,1-3H3. The Morgan fingerprint density at radius 2 is 1.20 bits per heavy atom. The molecule has 0 radical (unpaired) electrons. The number of unbranched alkanes of at least 4 members (excludes halogenated alkanes) is 6. The van der Waals surface area contributed by atoms with Gasteiger partial charge in [0.25, 0.3) is 0 Å². The molecule has 20 heavy (non-hydrogen) atoms. The van der Waals surface area contributed by atoms with Crippen LogP contribution in [0.25, 0.3) is 0 Å². The van der Waals surface area contributed by atoms with E-state index >= 15 is 0 Å². The minimum Gasteiger partial charge on any atom is -0.299 e. The van der Waals surface area contributed by atoms with E-state index in [2.05, 4.69) is 6.92 Å². The first kappa shape index (κ1) is 19.3. The van der Waals surface area contributed by atoms with Gasteiger partial charge in [0.05, 0.1) is 5.92 Å². The van der Waals surface area contributed by atoms with Gasteiger partial charge in [0, 0.05) is 12.8 Å². The summed E-state index contributed by atoms with van der Waals surface area (Å²) in [6.07, 6.45) is 12.2. The Balaban J connectivity index is 3.87. The molecule has 0 saturated carbocycles. The summed E-state index contributed by atoms with van der Waals surface area (Å²) in [6, 6.07) is 0. The van der Waals surface area contributed by atoms with E-state index in [-0.39, 0.29) is 17.5 Å². The van der Waals surface area contributed by atoms with Gasteiger partial charge in [-0.3, -0.25) is 9.59 Å². The minimum absolute atomic E-state index is 0.169. The Kier molecular flexibility index (Phi) is 12.9. The number of hydrogen-bond acceptors (Lipinski definition) is 2. The molecule has 0 aliphatic rings. The molecule has 118 valence electrons. The molecule has 0 aromatic rings. The summed E-state index contributed by atoms with van der Waals surface area (Å²) in [4.78, 5) is 24.1. The first-order valence-electron chi connectivity index (χ1n) is 8.72. The minimum atomic E-state index is -0.306. The molecule has 1 unspecified atom stereocenters. The summed E-state index contributed by atoms with van der Waals surface area (Å²) >= 11 is 0. The molecule has 1 atom stereocenters. The van der Waals surface area contributed by atoms with Crippen LogP contribution in [0.5, 0.6) is 0 Å². The monoisotopic (exact) mass is 282 g/mol. The van der Waals surface area contributed by atoms with Gasteiger partial charge in [-0.25, -0.2) is 0 Å². The van der Waals surface area contributed by atoms with Crippen molar-refractivity contribution in [3.05, 3.63) is 0 Å². The van der Waals surface area contributed by atoms with Gasteiger partial charge >= 0.3 is 0 Å². The fourth-order valence-electron chi connectivity index (χ4n) is 2.64. The van der Waals surface area contributed by atoms with Crippen LogP contribution in [-0.2, 0) is 9.59 Å². The van der Waals surface area contributed by atoms with Crippen molar-refractivity contribution < 1.29 is 9.59 Å². The lowest BCUT2D eigenvalue weighted by molar-refractivity contribution is -0.133. The number of rotatable bonds is 14. The van der Waals surface area contributed by atoms with E-state index in [0.717, 1.165) is 32.1 Å². The quantitative estimate of drug-likeness (QED) is 0.312. The molecule has 0 N–H and O–H groups in total. The molecule has 0 spiro atoms. The maximum Gasteiger partial charge on any atom is 0.143 e. The third-order valence-electron chi connectivity index (χ3n) is 3.88. The maximum atomic E-state index is 12.2. The van der Waals surface area contributed by atoms with Crippen molar-refractivity contribution in [3.8, 4) is 0 Å². The highest BCUT2D eigenvalue weighted by atomic mass is 16.1. The predicted octanol–water partition coefficient (Wildman–Crippen LogP) is 5.48. The third kappa shape index (κ3) is 9.28. The third-order valence-corrected chi connectivity index (χ3v) is 3.88. The summed E-state index contributed by atoms with van der Waals surface area (Å²) in [7, 11) is 0. The zero-order chi connectivity index (χ0) is 15.2. The fourth-order valence-corrected chi connectivity index (χ4v) is 2.64. The topological polar surface area (TPSA) is 34.1 Å². The zero-order valence-corrected chi connectivity index (χ0v) is 13.9. The molecule has 0 fully saturated rings. The molecule has 2 nitrogen and oxygen atoms in total. The summed E-state index contributed by atoms with van der Waals surface area (Å²) < 4.78 is 0. The van der Waals surface area contributed by atoms with Gasteiger partial charge in [0.15, 0.2) is 0 Å². The van der Waals surface area contributed by atoms with Gasteiger partial charge in [-0.05, 0) is 19.3 Å². The first-order chi connectivity index (χ1) is 9.67. The van der Waals surface area contributed by atoms with Gasteiger partial charge in [0.2, 0.25) is 0 Å². The van der Waals surface area contributed by atoms with Gasteiger partial charge in [-0.1, -0.05) is 65.7 Å². The summed E-state index contributed by atoms with van der Waals surface area (Å²) in [5.74, 6) is 0.0567. The lowest BCUT2D eigenvalue weighted by atomic mass is 9.89. The molecule has 0 amide bonds. The summed E-state index contributed by atoms with van der Waals surface area (Å²) in [5, 5.41) is 0. The van der Waals surface area contributed by atoms with Crippen molar-refractivity contribution in [3.63, 3.8) is 0 Å². The van der Waals surface area contributed by atoms with Crippen LogP contribution < -0.4 is 0 Å². The Bertz CT molecular complexity index is 258. The van der Waals surface area contributed by atoms with Crippen LogP contribution >= 0.6 is 0 Å². The first-order valence-corrected chi connectivity index (χ1v) is 8.72. The fraction of sp³-hybridized carbons (Fsp3) is 0.889. The van der Waals surface area contributed by atoms with Crippen molar-refractivity contribution in [2.24, 2.45) is 5.92 Å². The number of carbonyl (C=O) groups is 2. The summed E-state index contributed by atoms with van der Waals surface area (Å²) in [5.41, 5.74) is 0. The number of Topliss-reactive ketones (excluding diaryl/α,β-unsaturated/α-hetero) is 2. The predicted molar refractivity (Wildman–Crippen MR) is 85.9 cm³/mol. The van der Waals surface area contributed by atoms with E-state index in [4.69, 9.17) is 0 Å². The van der Waals surface area contributed by atoms with Crippen molar-refractivity contribution in [2.45, 2.75) is 97.8 Å². The highest BCUT2D eigenvalue weighted by Gasteiger charge is 2.23. The largest absolute Gasteiger partial charge is 0.299 e. The second-order valence-corrected chi connectivity index (χ2v) is 5.90. The Morgan fingerprint density at radius 3 is 1.75 bits per heavy atom. The van der Waals surface area contributed by atoms with E-state index in [1.54, 1.807) is 0 Å². The van der Waals surface area contributed by atoms with Crippen LogP contribution in [0.2, 0.25) is 0 Å². The SMILES string of the molecule is CCCCCCCCCC(=O)C(CCC)C(=O)CCC. The maximum absolute atomic E-state index is 12.2. The lowest BCUT2D eigenvalue weighted by Gasteiger charge is -2.13. The van der Waals surface area contributed by atoms with Crippen LogP contribution in [0.4, 0.5) is 0 Å². The molecule has 0 bridgehead atoms. The molecule has 0 saturated heterocycles. The number of carbonyl (C=O) groups excluding carboxylic acids is 2. The molecule has 0 heterocycles. The molecule has 2 heteroatoms. The van der Waals surface area contributed by atoms with Gasteiger partial charge in [-0.15, -0.1) is 0 Å². The van der Waals surface area contributed by atoms with Crippen LogP contribution in [0.3, 0.4) is 0 Å². The summed E-state index contributed by atoms with van der Waals surface area (Å²) in [6.45, 7) is 6.27. The highest BCUT2D eigenvalue weighted by molar-refractivity contribution is 6.02. The van der Waals surface area contributed by atoms with Crippen LogP contribution in [0, 0.1) is 5.92 Å². The molecule has 0 aliphatic carbocycles. The highest BCUT2D eigenvalue weighted by Crippen LogP contribution is 2.17. The molecule has 0 aliphatic heterocycles.